The molecule has 0 radical (unpaired) electrons. The zero-order valence-corrected chi connectivity index (χ0v) is 8.31. The Bertz CT molecular complexity index is 447. The highest BCUT2D eigenvalue weighted by atomic mass is 35.5. The predicted molar refractivity (Wildman–Crippen MR) is 53.0 cm³/mol. The zero-order chi connectivity index (χ0) is 9.42. The summed E-state index contributed by atoms with van der Waals surface area (Å²) in [5.74, 6) is 0. The van der Waals surface area contributed by atoms with Gasteiger partial charge in [0, 0.05) is 17.1 Å². The highest BCUT2D eigenvalue weighted by Gasteiger charge is 2.08. The van der Waals surface area contributed by atoms with E-state index >= 15 is 0 Å². The zero-order valence-electron chi connectivity index (χ0n) is 7.56. The summed E-state index contributed by atoms with van der Waals surface area (Å²) in [7, 11) is 0. The maximum Gasteiger partial charge on any atom is 0.131 e. The lowest BCUT2D eigenvalue weighted by Crippen LogP contribution is -1.86. The van der Waals surface area contributed by atoms with Crippen LogP contribution in [0.3, 0.4) is 0 Å². The molecule has 2 rings (SSSR count). The average molecular weight is 196 g/mol. The maximum absolute atomic E-state index is 5.81. The normalized spacial score (nSPS) is 11.0. The Morgan fingerprint density at radius 3 is 3.00 bits per heavy atom. The summed E-state index contributed by atoms with van der Waals surface area (Å²) in [5.41, 5.74) is 2.96. The molecule has 0 aliphatic rings. The van der Waals surface area contributed by atoms with Gasteiger partial charge in [0.15, 0.2) is 0 Å². The van der Waals surface area contributed by atoms with Crippen molar-refractivity contribution in [1.82, 2.24) is 15.2 Å². The Hall–Kier alpha value is -1.09. The Morgan fingerprint density at radius 2 is 2.31 bits per heavy atom. The van der Waals surface area contributed by atoms with Gasteiger partial charge in [-0.25, -0.2) is 4.98 Å². The summed E-state index contributed by atoms with van der Waals surface area (Å²) in [6.07, 6.45) is 0.931. The number of hydrogen-bond donors (Lipinski definition) is 1. The largest absolute Gasteiger partial charge is 0.281 e. The fourth-order valence-electron chi connectivity index (χ4n) is 1.52. The molecule has 0 atom stereocenters. The third kappa shape index (κ3) is 1.29. The van der Waals surface area contributed by atoms with Crippen molar-refractivity contribution in [3.8, 4) is 0 Å². The predicted octanol–water partition coefficient (Wildman–Crippen LogP) is 2.48. The summed E-state index contributed by atoms with van der Waals surface area (Å²) >= 11 is 5.81. The van der Waals surface area contributed by atoms with Gasteiger partial charge in [0.1, 0.15) is 5.15 Å². The molecule has 1 N–H and O–H groups in total. The molecule has 2 aromatic heterocycles. The first-order chi connectivity index (χ1) is 6.22. The second kappa shape index (κ2) is 3.00. The summed E-state index contributed by atoms with van der Waals surface area (Å²) in [5, 5.41) is 8.75. The lowest BCUT2D eigenvalue weighted by atomic mass is 10.2. The van der Waals surface area contributed by atoms with E-state index in [1.807, 2.05) is 6.92 Å². The van der Waals surface area contributed by atoms with Gasteiger partial charge in [-0.05, 0) is 13.3 Å². The number of hydrogen-bond acceptors (Lipinski definition) is 2. The summed E-state index contributed by atoms with van der Waals surface area (Å²) in [6, 6.07) is 1.78. The third-order valence-electron chi connectivity index (χ3n) is 2.11. The molecular formula is C9H10ClN3. The molecule has 68 valence electrons. The Labute approximate surface area is 81.1 Å². The van der Waals surface area contributed by atoms with Crippen LogP contribution in [0.15, 0.2) is 6.07 Å². The van der Waals surface area contributed by atoms with Crippen molar-refractivity contribution >= 4 is 22.5 Å². The fourth-order valence-corrected chi connectivity index (χ4v) is 1.75. The van der Waals surface area contributed by atoms with Crippen LogP contribution in [0.4, 0.5) is 0 Å². The van der Waals surface area contributed by atoms with Gasteiger partial charge in [-0.1, -0.05) is 18.5 Å². The highest BCUT2D eigenvalue weighted by molar-refractivity contribution is 6.30. The van der Waals surface area contributed by atoms with E-state index in [4.69, 9.17) is 11.6 Å². The first-order valence-corrected chi connectivity index (χ1v) is 4.60. The monoisotopic (exact) mass is 195 g/mol. The number of aromatic nitrogens is 3. The number of halogens is 1. The molecule has 0 aromatic carbocycles. The second-order valence-corrected chi connectivity index (χ2v) is 3.37. The molecule has 0 amide bonds. The minimum Gasteiger partial charge on any atom is -0.281 e. The number of aryl methyl sites for hydroxylation is 2. The van der Waals surface area contributed by atoms with Crippen molar-refractivity contribution < 1.29 is 0 Å². The van der Waals surface area contributed by atoms with Gasteiger partial charge >= 0.3 is 0 Å². The van der Waals surface area contributed by atoms with Crippen LogP contribution < -0.4 is 0 Å². The minimum atomic E-state index is 0.499. The minimum absolute atomic E-state index is 0.499. The number of nitrogens with one attached hydrogen (secondary N) is 1. The second-order valence-electron chi connectivity index (χ2n) is 2.98. The number of aromatic amines is 1. The number of H-pyrrole nitrogens is 1. The van der Waals surface area contributed by atoms with Crippen LogP contribution in [0.25, 0.3) is 10.9 Å². The van der Waals surface area contributed by atoms with Crippen molar-refractivity contribution in [2.45, 2.75) is 20.3 Å². The average Bonchev–Trinajstić information content (AvgIpc) is 2.47. The molecule has 0 fully saturated rings. The molecule has 2 heterocycles. The third-order valence-corrected chi connectivity index (χ3v) is 2.31. The smallest absolute Gasteiger partial charge is 0.131 e. The lowest BCUT2D eigenvalue weighted by molar-refractivity contribution is 0.987. The van der Waals surface area contributed by atoms with Gasteiger partial charge < -0.3 is 0 Å². The van der Waals surface area contributed by atoms with Crippen LogP contribution >= 0.6 is 11.6 Å². The molecular weight excluding hydrogens is 186 g/mol. The number of fused-ring (bicyclic) bond motifs is 1. The van der Waals surface area contributed by atoms with Gasteiger partial charge in [-0.2, -0.15) is 5.10 Å². The van der Waals surface area contributed by atoms with E-state index in [2.05, 4.69) is 22.1 Å². The van der Waals surface area contributed by atoms with E-state index in [1.165, 1.54) is 0 Å². The molecule has 0 aliphatic carbocycles. The topological polar surface area (TPSA) is 41.6 Å². The molecule has 4 heteroatoms. The van der Waals surface area contributed by atoms with Crippen LogP contribution in [-0.2, 0) is 6.42 Å². The molecule has 0 saturated carbocycles. The van der Waals surface area contributed by atoms with Gasteiger partial charge in [-0.15, -0.1) is 0 Å². The lowest BCUT2D eigenvalue weighted by Gasteiger charge is -1.97. The van der Waals surface area contributed by atoms with Crippen molar-refractivity contribution in [1.29, 1.82) is 0 Å². The first kappa shape index (κ1) is 8.51. The Balaban J connectivity index is 2.82. The fraction of sp³-hybridized carbons (Fsp3) is 0.333. The van der Waals surface area contributed by atoms with Crippen LogP contribution in [-0.4, -0.2) is 15.2 Å². The molecule has 0 bridgehead atoms. The van der Waals surface area contributed by atoms with Crippen molar-refractivity contribution in [2.24, 2.45) is 0 Å². The van der Waals surface area contributed by atoms with E-state index in [0.29, 0.717) is 5.15 Å². The van der Waals surface area contributed by atoms with E-state index in [1.54, 1.807) is 6.07 Å². The summed E-state index contributed by atoms with van der Waals surface area (Å²) in [4.78, 5) is 4.19. The van der Waals surface area contributed by atoms with Gasteiger partial charge in [0.25, 0.3) is 0 Å². The van der Waals surface area contributed by atoms with Crippen molar-refractivity contribution in [3.05, 3.63) is 22.6 Å². The van der Waals surface area contributed by atoms with Gasteiger partial charge in [-0.3, -0.25) is 5.10 Å². The van der Waals surface area contributed by atoms with E-state index in [0.717, 1.165) is 28.7 Å². The molecule has 2 aromatic rings. The highest BCUT2D eigenvalue weighted by Crippen LogP contribution is 2.21. The van der Waals surface area contributed by atoms with E-state index in [-0.39, 0.29) is 0 Å². The van der Waals surface area contributed by atoms with Crippen LogP contribution in [0.1, 0.15) is 18.3 Å². The summed E-state index contributed by atoms with van der Waals surface area (Å²) < 4.78 is 0. The molecule has 0 spiro atoms. The van der Waals surface area contributed by atoms with E-state index < -0.39 is 0 Å². The quantitative estimate of drug-likeness (QED) is 0.711. The number of pyridine rings is 1. The van der Waals surface area contributed by atoms with Crippen LogP contribution in [0.2, 0.25) is 5.15 Å². The van der Waals surface area contributed by atoms with Crippen molar-refractivity contribution in [2.75, 3.05) is 0 Å². The Morgan fingerprint density at radius 1 is 1.54 bits per heavy atom. The van der Waals surface area contributed by atoms with Crippen LogP contribution in [0, 0.1) is 6.92 Å². The SMILES string of the molecule is CCc1[nH]nc2cc(Cl)nc(C)c12. The Kier molecular flexibility index (Phi) is 1.96. The molecule has 0 saturated heterocycles. The first-order valence-electron chi connectivity index (χ1n) is 4.22. The number of nitrogens with zero attached hydrogens (tertiary/aromatic N) is 2. The number of rotatable bonds is 1. The van der Waals surface area contributed by atoms with Crippen molar-refractivity contribution in [3.63, 3.8) is 0 Å². The standard InChI is InChI=1S/C9H10ClN3/c1-3-6-9-5(2)11-8(10)4-7(9)13-12-6/h4H,3H2,1-2H3,(H,12,13). The molecule has 0 aliphatic heterocycles. The van der Waals surface area contributed by atoms with Crippen LogP contribution in [0.5, 0.6) is 0 Å². The van der Waals surface area contributed by atoms with E-state index in [9.17, 15) is 0 Å². The van der Waals surface area contributed by atoms with Gasteiger partial charge in [0.05, 0.1) is 11.2 Å². The molecule has 13 heavy (non-hydrogen) atoms. The van der Waals surface area contributed by atoms with Gasteiger partial charge in [0.2, 0.25) is 0 Å². The maximum atomic E-state index is 5.81. The summed E-state index contributed by atoms with van der Waals surface area (Å²) in [6.45, 7) is 4.03. The molecule has 0 unspecified atom stereocenters. The molecule has 3 nitrogen and oxygen atoms in total.